The molecule has 2 aliphatic heterocycles. The second-order valence-electron chi connectivity index (χ2n) is 11.9. The van der Waals surface area contributed by atoms with E-state index in [0.717, 1.165) is 41.4 Å². The fraction of sp³-hybridized carbons (Fsp3) is 0.552. The zero-order valence-electron chi connectivity index (χ0n) is 21.0. The lowest BCUT2D eigenvalue weighted by molar-refractivity contribution is -0.136. The molecule has 0 spiro atoms. The predicted molar refractivity (Wildman–Crippen MR) is 133 cm³/mol. The molecule has 0 radical (unpaired) electrons. The zero-order chi connectivity index (χ0) is 25.1. The smallest absolute Gasteiger partial charge is 0.255 e. The maximum Gasteiger partial charge on any atom is 0.255 e. The number of fused-ring (bicyclic) bond motifs is 1. The van der Waals surface area contributed by atoms with Crippen molar-refractivity contribution >= 4 is 17.7 Å². The number of carbonyl (C=O) groups is 3. The summed E-state index contributed by atoms with van der Waals surface area (Å²) in [6.07, 6.45) is 8.80. The zero-order valence-corrected chi connectivity index (χ0v) is 21.0. The van der Waals surface area contributed by atoms with E-state index in [4.69, 9.17) is 9.15 Å². The molecule has 2 aromatic rings. The molecule has 1 atom stereocenters. The molecule has 4 aliphatic carbocycles. The summed E-state index contributed by atoms with van der Waals surface area (Å²) in [6.45, 7) is 1.29. The number of nitrogens with one attached hydrogen (secondary N) is 2. The van der Waals surface area contributed by atoms with E-state index in [1.54, 1.807) is 17.0 Å². The van der Waals surface area contributed by atoms with Gasteiger partial charge in [0.2, 0.25) is 11.8 Å². The van der Waals surface area contributed by atoms with Gasteiger partial charge in [0.25, 0.3) is 5.91 Å². The standard InChI is InChI=1S/C29H33N3O5/c33-26-7-6-24(27(34)31-26)32-15-23-22(28(32)35)2-1-3-25(23)36-16-21-5-4-20(37-21)14-30-29-11-17-8-18(12-29)10-19(9-17)13-29/h1-5,17-19,24,30H,6-16H2,(H,31,33,34). The molecule has 8 nitrogen and oxygen atoms in total. The number of furan rings is 1. The molecular formula is C29H33N3O5. The van der Waals surface area contributed by atoms with Crippen molar-refractivity contribution in [2.45, 2.75) is 82.6 Å². The number of ether oxygens (including phenoxy) is 1. The van der Waals surface area contributed by atoms with Crippen LogP contribution in [0.15, 0.2) is 34.7 Å². The van der Waals surface area contributed by atoms with Gasteiger partial charge in [-0.3, -0.25) is 19.7 Å². The summed E-state index contributed by atoms with van der Waals surface area (Å²) in [5.41, 5.74) is 1.61. The van der Waals surface area contributed by atoms with Crippen LogP contribution in [0.2, 0.25) is 0 Å². The number of imide groups is 1. The van der Waals surface area contributed by atoms with Crippen molar-refractivity contribution in [3.63, 3.8) is 0 Å². The van der Waals surface area contributed by atoms with Gasteiger partial charge in [-0.05, 0) is 87.0 Å². The molecule has 2 N–H and O–H groups in total. The van der Waals surface area contributed by atoms with E-state index in [1.807, 2.05) is 18.2 Å². The second-order valence-corrected chi connectivity index (χ2v) is 11.9. The van der Waals surface area contributed by atoms with Gasteiger partial charge in [-0.15, -0.1) is 0 Å². The highest BCUT2D eigenvalue weighted by Gasteiger charge is 2.50. The van der Waals surface area contributed by atoms with Gasteiger partial charge in [-0.2, -0.15) is 0 Å². The Morgan fingerprint density at radius 1 is 1.00 bits per heavy atom. The Morgan fingerprint density at radius 2 is 1.73 bits per heavy atom. The van der Waals surface area contributed by atoms with Gasteiger partial charge < -0.3 is 19.4 Å². The first-order valence-corrected chi connectivity index (χ1v) is 13.7. The summed E-state index contributed by atoms with van der Waals surface area (Å²) in [7, 11) is 0. The summed E-state index contributed by atoms with van der Waals surface area (Å²) >= 11 is 0. The average Bonchev–Trinajstić information content (AvgIpc) is 3.45. The summed E-state index contributed by atoms with van der Waals surface area (Å²) in [6, 6.07) is 8.75. The van der Waals surface area contributed by atoms with E-state index in [0.29, 0.717) is 23.3 Å². The molecule has 3 amide bonds. The van der Waals surface area contributed by atoms with Crippen LogP contribution in [-0.2, 0) is 29.3 Å². The summed E-state index contributed by atoms with van der Waals surface area (Å²) < 4.78 is 12.2. The van der Waals surface area contributed by atoms with Crippen molar-refractivity contribution in [2.24, 2.45) is 17.8 Å². The maximum absolute atomic E-state index is 13.0. The molecule has 1 aromatic heterocycles. The van der Waals surface area contributed by atoms with Crippen LogP contribution in [0.4, 0.5) is 0 Å². The number of carbonyl (C=O) groups excluding carboxylic acids is 3. The Morgan fingerprint density at radius 3 is 2.46 bits per heavy atom. The van der Waals surface area contributed by atoms with E-state index >= 15 is 0 Å². The highest BCUT2D eigenvalue weighted by Crippen LogP contribution is 2.55. The number of hydrogen-bond acceptors (Lipinski definition) is 6. The van der Waals surface area contributed by atoms with Crippen molar-refractivity contribution in [3.05, 3.63) is 53.0 Å². The lowest BCUT2D eigenvalue weighted by Crippen LogP contribution is -2.58. The Kier molecular flexibility index (Phi) is 5.43. The molecule has 4 saturated carbocycles. The van der Waals surface area contributed by atoms with E-state index in [1.165, 1.54) is 38.5 Å². The van der Waals surface area contributed by atoms with Crippen LogP contribution in [0.25, 0.3) is 0 Å². The van der Waals surface area contributed by atoms with Crippen molar-refractivity contribution in [1.82, 2.24) is 15.5 Å². The van der Waals surface area contributed by atoms with Crippen molar-refractivity contribution in [1.29, 1.82) is 0 Å². The maximum atomic E-state index is 13.0. The highest BCUT2D eigenvalue weighted by atomic mass is 16.5. The Balaban J connectivity index is 0.985. The van der Waals surface area contributed by atoms with Gasteiger partial charge in [0, 0.05) is 23.1 Å². The largest absolute Gasteiger partial charge is 0.485 e. The molecule has 8 rings (SSSR count). The number of nitrogens with zero attached hydrogens (tertiary/aromatic N) is 1. The fourth-order valence-corrected chi connectivity index (χ4v) is 8.04. The fourth-order valence-electron chi connectivity index (χ4n) is 8.04. The third-order valence-electron chi connectivity index (χ3n) is 9.30. The molecular weight excluding hydrogens is 470 g/mol. The molecule has 37 heavy (non-hydrogen) atoms. The lowest BCUT2D eigenvalue weighted by Gasteiger charge is -2.57. The SMILES string of the molecule is O=C1CCC(N2Cc3c(OCc4ccc(CNC56CC7CC(CC(C7)C5)C6)o4)cccc3C2=O)C(=O)N1. The van der Waals surface area contributed by atoms with Crippen LogP contribution in [0.5, 0.6) is 5.75 Å². The van der Waals surface area contributed by atoms with Crippen molar-refractivity contribution in [3.8, 4) is 5.75 Å². The first kappa shape index (κ1) is 23.0. The quantitative estimate of drug-likeness (QED) is 0.559. The lowest BCUT2D eigenvalue weighted by atomic mass is 9.53. The van der Waals surface area contributed by atoms with Gasteiger partial charge in [-0.25, -0.2) is 0 Å². The summed E-state index contributed by atoms with van der Waals surface area (Å²) in [5.74, 6) is 4.10. The third kappa shape index (κ3) is 4.15. The number of hydrogen-bond donors (Lipinski definition) is 2. The first-order valence-electron chi connectivity index (χ1n) is 13.7. The molecule has 4 bridgehead atoms. The molecule has 1 unspecified atom stereocenters. The van der Waals surface area contributed by atoms with E-state index in [2.05, 4.69) is 10.6 Å². The molecule has 1 saturated heterocycles. The second kappa shape index (κ2) is 8.72. The number of rotatable bonds is 7. The van der Waals surface area contributed by atoms with Crippen molar-refractivity contribution in [2.75, 3.05) is 0 Å². The van der Waals surface area contributed by atoms with Gasteiger partial charge in [0.05, 0.1) is 13.1 Å². The molecule has 1 aromatic carbocycles. The minimum Gasteiger partial charge on any atom is -0.485 e. The predicted octanol–water partition coefficient (Wildman–Crippen LogP) is 3.68. The summed E-state index contributed by atoms with van der Waals surface area (Å²) in [5, 5.41) is 6.22. The Hall–Kier alpha value is -3.13. The Bertz CT molecular complexity index is 1230. The third-order valence-corrected chi connectivity index (χ3v) is 9.30. The van der Waals surface area contributed by atoms with Crippen LogP contribution < -0.4 is 15.4 Å². The monoisotopic (exact) mass is 503 g/mol. The van der Waals surface area contributed by atoms with Crippen LogP contribution in [0.3, 0.4) is 0 Å². The molecule has 3 heterocycles. The van der Waals surface area contributed by atoms with Crippen LogP contribution in [0.1, 0.15) is 78.8 Å². The first-order chi connectivity index (χ1) is 17.9. The van der Waals surface area contributed by atoms with Gasteiger partial charge in [0.15, 0.2) is 0 Å². The molecule has 194 valence electrons. The van der Waals surface area contributed by atoms with E-state index in [-0.39, 0.29) is 31.4 Å². The number of amides is 3. The minimum absolute atomic E-state index is 0.203. The molecule has 5 fully saturated rings. The topological polar surface area (TPSA) is 101 Å². The molecule has 8 heteroatoms. The van der Waals surface area contributed by atoms with Crippen LogP contribution in [0, 0.1) is 17.8 Å². The van der Waals surface area contributed by atoms with Crippen LogP contribution in [-0.4, -0.2) is 34.2 Å². The summed E-state index contributed by atoms with van der Waals surface area (Å²) in [4.78, 5) is 38.4. The van der Waals surface area contributed by atoms with Gasteiger partial charge in [-0.1, -0.05) is 6.07 Å². The van der Waals surface area contributed by atoms with E-state index < -0.39 is 11.9 Å². The van der Waals surface area contributed by atoms with Gasteiger partial charge >= 0.3 is 0 Å². The van der Waals surface area contributed by atoms with Crippen LogP contribution >= 0.6 is 0 Å². The number of benzene rings is 1. The van der Waals surface area contributed by atoms with Crippen molar-refractivity contribution < 1.29 is 23.5 Å². The highest BCUT2D eigenvalue weighted by molar-refractivity contribution is 6.05. The molecule has 6 aliphatic rings. The van der Waals surface area contributed by atoms with E-state index in [9.17, 15) is 14.4 Å². The Labute approximate surface area is 216 Å². The van der Waals surface area contributed by atoms with Gasteiger partial charge in [0.1, 0.15) is 29.9 Å². The normalized spacial score (nSPS) is 32.1. The average molecular weight is 504 g/mol. The number of piperidine rings is 1. The minimum atomic E-state index is -0.639.